The third kappa shape index (κ3) is 3.20. The fraction of sp³-hybridized carbons (Fsp3) is 0.412. The number of benzene rings is 1. The second-order valence-corrected chi connectivity index (χ2v) is 6.42. The number of hydrogen-bond donors (Lipinski definition) is 1. The molecule has 2 heterocycles. The molecule has 22 heavy (non-hydrogen) atoms. The summed E-state index contributed by atoms with van der Waals surface area (Å²) < 4.78 is 0. The molecule has 2 aromatic rings. The zero-order valence-electron chi connectivity index (χ0n) is 12.4. The van der Waals surface area contributed by atoms with Crippen molar-refractivity contribution >= 4 is 17.2 Å². The van der Waals surface area contributed by atoms with Crippen LogP contribution in [0.25, 0.3) is 10.6 Å². The topological polar surface area (TPSA) is 53.4 Å². The molecule has 0 bridgehead atoms. The highest BCUT2D eigenvalue weighted by Crippen LogP contribution is 2.26. The third-order valence-electron chi connectivity index (χ3n) is 4.09. The summed E-state index contributed by atoms with van der Waals surface area (Å²) in [5.41, 5.74) is 1.56. The van der Waals surface area contributed by atoms with Crippen LogP contribution in [-0.2, 0) is 0 Å². The van der Waals surface area contributed by atoms with Gasteiger partial charge in [-0.15, -0.1) is 11.3 Å². The molecule has 0 saturated carbocycles. The highest BCUT2D eigenvalue weighted by atomic mass is 32.1. The van der Waals surface area contributed by atoms with Gasteiger partial charge >= 0.3 is 0 Å². The smallest absolute Gasteiger partial charge is 0.273 e. The largest absolute Gasteiger partial charge is 0.396 e. The van der Waals surface area contributed by atoms with Crippen LogP contribution < -0.4 is 0 Å². The van der Waals surface area contributed by atoms with E-state index in [9.17, 15) is 9.90 Å². The van der Waals surface area contributed by atoms with Crippen molar-refractivity contribution < 1.29 is 9.90 Å². The number of aromatic nitrogens is 1. The van der Waals surface area contributed by atoms with E-state index in [0.717, 1.165) is 36.4 Å². The Kier molecular flexibility index (Phi) is 4.85. The summed E-state index contributed by atoms with van der Waals surface area (Å²) in [6, 6.07) is 10.1. The molecule has 1 N–H and O–H groups in total. The third-order valence-corrected chi connectivity index (χ3v) is 4.99. The number of piperidine rings is 1. The van der Waals surface area contributed by atoms with Crippen molar-refractivity contribution in [2.24, 2.45) is 0 Å². The first-order valence-electron chi connectivity index (χ1n) is 7.72. The number of carbonyl (C=O) groups excluding carboxylic acids is 1. The van der Waals surface area contributed by atoms with Crippen molar-refractivity contribution in [2.75, 3.05) is 13.2 Å². The van der Waals surface area contributed by atoms with Crippen LogP contribution >= 0.6 is 11.3 Å². The lowest BCUT2D eigenvalue weighted by Gasteiger charge is -2.35. The van der Waals surface area contributed by atoms with Gasteiger partial charge in [-0.1, -0.05) is 30.3 Å². The maximum atomic E-state index is 12.7. The monoisotopic (exact) mass is 316 g/mol. The second kappa shape index (κ2) is 7.03. The van der Waals surface area contributed by atoms with Gasteiger partial charge in [-0.2, -0.15) is 0 Å². The van der Waals surface area contributed by atoms with Gasteiger partial charge in [0.1, 0.15) is 10.7 Å². The Hall–Kier alpha value is -1.72. The zero-order valence-corrected chi connectivity index (χ0v) is 13.3. The molecular weight excluding hydrogens is 296 g/mol. The van der Waals surface area contributed by atoms with Crippen molar-refractivity contribution in [1.29, 1.82) is 0 Å². The summed E-state index contributed by atoms with van der Waals surface area (Å²) in [6.45, 7) is 0.891. The molecule has 1 aromatic carbocycles. The molecule has 4 nitrogen and oxygen atoms in total. The van der Waals surface area contributed by atoms with E-state index >= 15 is 0 Å². The lowest BCUT2D eigenvalue weighted by molar-refractivity contribution is 0.0569. The Bertz CT molecular complexity index is 625. The fourth-order valence-electron chi connectivity index (χ4n) is 2.95. The number of aliphatic hydroxyl groups is 1. The number of carbonyl (C=O) groups is 1. The number of amides is 1. The van der Waals surface area contributed by atoms with Crippen LogP contribution in [-0.4, -0.2) is 40.1 Å². The summed E-state index contributed by atoms with van der Waals surface area (Å²) in [6.07, 6.45) is 3.79. The summed E-state index contributed by atoms with van der Waals surface area (Å²) in [7, 11) is 0. The van der Waals surface area contributed by atoms with Crippen LogP contribution in [0.5, 0.6) is 0 Å². The summed E-state index contributed by atoms with van der Waals surface area (Å²) in [5.74, 6) is -0.00317. The molecule has 116 valence electrons. The number of rotatable bonds is 4. The molecule has 1 fully saturated rings. The van der Waals surface area contributed by atoms with E-state index in [1.807, 2.05) is 40.6 Å². The molecule has 1 saturated heterocycles. The highest BCUT2D eigenvalue weighted by Gasteiger charge is 2.28. The lowest BCUT2D eigenvalue weighted by Crippen LogP contribution is -2.44. The Morgan fingerprint density at radius 3 is 2.91 bits per heavy atom. The number of likely N-dealkylation sites (tertiary alicyclic amines) is 1. The predicted octanol–water partition coefficient (Wildman–Crippen LogP) is 3.19. The molecule has 5 heteroatoms. The van der Waals surface area contributed by atoms with Gasteiger partial charge in [0.05, 0.1) is 0 Å². The zero-order chi connectivity index (χ0) is 15.4. The highest BCUT2D eigenvalue weighted by molar-refractivity contribution is 7.13. The second-order valence-electron chi connectivity index (χ2n) is 5.56. The van der Waals surface area contributed by atoms with Crippen molar-refractivity contribution in [3.8, 4) is 10.6 Å². The average molecular weight is 316 g/mol. The van der Waals surface area contributed by atoms with Gasteiger partial charge < -0.3 is 10.0 Å². The molecule has 3 rings (SSSR count). The molecule has 0 radical (unpaired) electrons. The SMILES string of the molecule is O=C(c1csc(-c2ccccc2)n1)N1CCCCC1CCO. The van der Waals surface area contributed by atoms with Gasteiger partial charge in [0.25, 0.3) is 5.91 Å². The van der Waals surface area contributed by atoms with E-state index in [1.165, 1.54) is 11.3 Å². The predicted molar refractivity (Wildman–Crippen MR) is 87.9 cm³/mol. The van der Waals surface area contributed by atoms with Crippen molar-refractivity contribution in [3.05, 3.63) is 41.4 Å². The summed E-state index contributed by atoms with van der Waals surface area (Å²) in [4.78, 5) is 19.1. The van der Waals surface area contributed by atoms with Crippen molar-refractivity contribution in [3.63, 3.8) is 0 Å². The van der Waals surface area contributed by atoms with Gasteiger partial charge in [0, 0.05) is 30.1 Å². The number of thiazole rings is 1. The molecule has 1 atom stereocenters. The Morgan fingerprint density at radius 1 is 1.32 bits per heavy atom. The molecule has 1 amide bonds. The van der Waals surface area contributed by atoms with Gasteiger partial charge in [-0.05, 0) is 25.7 Å². The number of hydrogen-bond acceptors (Lipinski definition) is 4. The molecule has 0 aliphatic carbocycles. The number of aliphatic hydroxyl groups excluding tert-OH is 1. The Labute approximate surface area is 134 Å². The van der Waals surface area contributed by atoms with Gasteiger partial charge in [-0.25, -0.2) is 4.98 Å². The van der Waals surface area contributed by atoms with Crippen LogP contribution in [0.4, 0.5) is 0 Å². The summed E-state index contributed by atoms with van der Waals surface area (Å²) >= 11 is 1.50. The first-order chi connectivity index (χ1) is 10.8. The Morgan fingerprint density at radius 2 is 2.14 bits per heavy atom. The maximum absolute atomic E-state index is 12.7. The van der Waals surface area contributed by atoms with E-state index in [-0.39, 0.29) is 18.6 Å². The first-order valence-corrected chi connectivity index (χ1v) is 8.60. The van der Waals surface area contributed by atoms with Gasteiger partial charge in [0.2, 0.25) is 0 Å². The fourth-order valence-corrected chi connectivity index (χ4v) is 3.75. The molecule has 1 aliphatic heterocycles. The van der Waals surface area contributed by atoms with Gasteiger partial charge in [0.15, 0.2) is 0 Å². The first kappa shape index (κ1) is 15.2. The van der Waals surface area contributed by atoms with Crippen LogP contribution in [0, 0.1) is 0 Å². The molecule has 1 aromatic heterocycles. The minimum absolute atomic E-state index is 0.00317. The summed E-state index contributed by atoms with van der Waals surface area (Å²) in [5, 5.41) is 11.9. The average Bonchev–Trinajstić information content (AvgIpc) is 3.06. The molecule has 1 aliphatic rings. The lowest BCUT2D eigenvalue weighted by atomic mass is 9.99. The van der Waals surface area contributed by atoms with Crippen LogP contribution in [0.3, 0.4) is 0 Å². The van der Waals surface area contributed by atoms with Crippen LogP contribution in [0.2, 0.25) is 0 Å². The quantitative estimate of drug-likeness (QED) is 0.942. The van der Waals surface area contributed by atoms with Crippen molar-refractivity contribution in [1.82, 2.24) is 9.88 Å². The molecule has 0 spiro atoms. The normalized spacial score (nSPS) is 18.4. The minimum atomic E-state index is -0.00317. The minimum Gasteiger partial charge on any atom is -0.396 e. The molecular formula is C17H20N2O2S. The maximum Gasteiger partial charge on any atom is 0.273 e. The van der Waals surface area contributed by atoms with Crippen molar-refractivity contribution in [2.45, 2.75) is 31.7 Å². The molecule has 1 unspecified atom stereocenters. The van der Waals surface area contributed by atoms with E-state index in [2.05, 4.69) is 4.98 Å². The standard InChI is InChI=1S/C17H20N2O2S/c20-11-9-14-8-4-5-10-19(14)17(21)15-12-22-16(18-15)13-6-2-1-3-7-13/h1-3,6-7,12,14,20H,4-5,8-11H2. The van der Waals surface area contributed by atoms with Crippen LogP contribution in [0.15, 0.2) is 35.7 Å². The Balaban J connectivity index is 1.78. The van der Waals surface area contributed by atoms with Gasteiger partial charge in [-0.3, -0.25) is 4.79 Å². The van der Waals surface area contributed by atoms with E-state index in [1.54, 1.807) is 0 Å². The van der Waals surface area contributed by atoms with E-state index in [4.69, 9.17) is 0 Å². The van der Waals surface area contributed by atoms with Crippen LogP contribution in [0.1, 0.15) is 36.2 Å². The number of nitrogens with zero attached hydrogens (tertiary/aromatic N) is 2. The van der Waals surface area contributed by atoms with E-state index in [0.29, 0.717) is 12.1 Å². The van der Waals surface area contributed by atoms with E-state index < -0.39 is 0 Å².